The molecule has 114 valence electrons. The second kappa shape index (κ2) is 5.29. The molecule has 0 bridgehead atoms. The van der Waals surface area contributed by atoms with E-state index in [2.05, 4.69) is 21.7 Å². The molecular weight excluding hydrogens is 290 g/mol. The van der Waals surface area contributed by atoms with Gasteiger partial charge in [0, 0.05) is 48.7 Å². The maximum absolute atomic E-state index is 11.9. The maximum atomic E-state index is 11.9. The van der Waals surface area contributed by atoms with Crippen LogP contribution in [0.15, 0.2) is 46.6 Å². The minimum Gasteiger partial charge on any atom is -0.369 e. The molecular formula is C17H15N5O. The predicted octanol–water partition coefficient (Wildman–Crippen LogP) is 1.78. The number of urea groups is 1. The van der Waals surface area contributed by atoms with Gasteiger partial charge >= 0.3 is 6.03 Å². The normalized spacial score (nSPS) is 22.4. The summed E-state index contributed by atoms with van der Waals surface area (Å²) in [5, 5.41) is 15.4. The summed E-state index contributed by atoms with van der Waals surface area (Å²) in [6.07, 6.45) is 4.29. The van der Waals surface area contributed by atoms with Crippen molar-refractivity contribution in [3.63, 3.8) is 0 Å². The lowest BCUT2D eigenvalue weighted by Gasteiger charge is -2.25. The fourth-order valence-electron chi connectivity index (χ4n) is 3.13. The van der Waals surface area contributed by atoms with Crippen LogP contribution in [0.3, 0.4) is 0 Å². The first-order chi connectivity index (χ1) is 11.3. The molecule has 2 amide bonds. The number of amides is 2. The van der Waals surface area contributed by atoms with E-state index in [9.17, 15) is 10.1 Å². The molecule has 0 spiro atoms. The van der Waals surface area contributed by atoms with Crippen LogP contribution in [0, 0.1) is 11.3 Å². The molecule has 3 heterocycles. The average Bonchev–Trinajstić information content (AvgIpc) is 3.22. The Morgan fingerprint density at radius 2 is 2.30 bits per heavy atom. The van der Waals surface area contributed by atoms with E-state index in [0.29, 0.717) is 19.5 Å². The standard InChI is InChI=1S/C17H15N5O/c18-8-13-6-12-9-19-10-15(12)16(21-13)11-2-1-3-14(7-11)22-5-4-20-17(22)23/h1-3,7,9-10,13,21H,4-6H2,(H,20,23). The van der Waals surface area contributed by atoms with Crippen LogP contribution in [0.4, 0.5) is 10.5 Å². The van der Waals surface area contributed by atoms with Crippen molar-refractivity contribution in [2.24, 2.45) is 4.99 Å². The molecule has 1 saturated heterocycles. The number of carbonyl (C=O) groups excluding carboxylic acids is 1. The molecule has 1 atom stereocenters. The third kappa shape index (κ3) is 2.27. The summed E-state index contributed by atoms with van der Waals surface area (Å²) in [6, 6.07) is 9.75. The second-order valence-corrected chi connectivity index (χ2v) is 5.69. The number of benzene rings is 1. The average molecular weight is 305 g/mol. The van der Waals surface area contributed by atoms with Gasteiger partial charge in [-0.15, -0.1) is 0 Å². The third-order valence-electron chi connectivity index (χ3n) is 4.25. The number of rotatable bonds is 2. The zero-order valence-corrected chi connectivity index (χ0v) is 12.4. The van der Waals surface area contributed by atoms with Crippen molar-refractivity contribution in [3.8, 4) is 6.07 Å². The SMILES string of the molecule is N#CC1CC2=CN=CC2=C(c2cccc(N3CCNC3=O)c2)N1. The number of anilines is 1. The molecule has 1 aromatic carbocycles. The van der Waals surface area contributed by atoms with Gasteiger partial charge in [0.2, 0.25) is 0 Å². The Morgan fingerprint density at radius 3 is 3.09 bits per heavy atom. The lowest BCUT2D eigenvalue weighted by Crippen LogP contribution is -2.32. The molecule has 2 N–H and O–H groups in total. The van der Waals surface area contributed by atoms with Gasteiger partial charge in [0.1, 0.15) is 6.04 Å². The van der Waals surface area contributed by atoms with E-state index in [4.69, 9.17) is 0 Å². The van der Waals surface area contributed by atoms with Gasteiger partial charge in [-0.05, 0) is 17.7 Å². The second-order valence-electron chi connectivity index (χ2n) is 5.69. The fraction of sp³-hybridized carbons (Fsp3) is 0.235. The van der Waals surface area contributed by atoms with Gasteiger partial charge in [-0.25, -0.2) is 4.79 Å². The fourth-order valence-corrected chi connectivity index (χ4v) is 3.13. The van der Waals surface area contributed by atoms with Gasteiger partial charge in [0.05, 0.1) is 11.8 Å². The van der Waals surface area contributed by atoms with E-state index in [1.54, 1.807) is 4.90 Å². The first-order valence-electron chi connectivity index (χ1n) is 7.55. The highest BCUT2D eigenvalue weighted by Gasteiger charge is 2.27. The van der Waals surface area contributed by atoms with Crippen LogP contribution < -0.4 is 15.5 Å². The highest BCUT2D eigenvalue weighted by Crippen LogP contribution is 2.33. The Balaban J connectivity index is 1.75. The predicted molar refractivity (Wildman–Crippen MR) is 87.8 cm³/mol. The van der Waals surface area contributed by atoms with Gasteiger partial charge < -0.3 is 10.6 Å². The number of allylic oxidation sites excluding steroid dienone is 1. The lowest BCUT2D eigenvalue weighted by atomic mass is 9.92. The van der Waals surface area contributed by atoms with Crippen LogP contribution >= 0.6 is 0 Å². The van der Waals surface area contributed by atoms with Crippen LogP contribution in [0.2, 0.25) is 0 Å². The van der Waals surface area contributed by atoms with E-state index in [-0.39, 0.29) is 12.1 Å². The molecule has 1 unspecified atom stereocenters. The maximum Gasteiger partial charge on any atom is 0.321 e. The van der Waals surface area contributed by atoms with Crippen molar-refractivity contribution in [1.82, 2.24) is 10.6 Å². The summed E-state index contributed by atoms with van der Waals surface area (Å²) >= 11 is 0. The van der Waals surface area contributed by atoms with E-state index >= 15 is 0 Å². The topological polar surface area (TPSA) is 80.5 Å². The van der Waals surface area contributed by atoms with Gasteiger partial charge in [-0.3, -0.25) is 9.89 Å². The summed E-state index contributed by atoms with van der Waals surface area (Å²) in [5.41, 5.74) is 4.81. The summed E-state index contributed by atoms with van der Waals surface area (Å²) < 4.78 is 0. The smallest absolute Gasteiger partial charge is 0.321 e. The van der Waals surface area contributed by atoms with Gasteiger partial charge in [0.25, 0.3) is 0 Å². The zero-order valence-electron chi connectivity index (χ0n) is 12.4. The number of carbonyl (C=O) groups is 1. The monoisotopic (exact) mass is 305 g/mol. The molecule has 3 aliphatic heterocycles. The van der Waals surface area contributed by atoms with Crippen molar-refractivity contribution < 1.29 is 4.79 Å². The zero-order chi connectivity index (χ0) is 15.8. The van der Waals surface area contributed by atoms with Crippen molar-refractivity contribution in [1.29, 1.82) is 5.26 Å². The molecule has 0 radical (unpaired) electrons. The number of nitriles is 1. The Kier molecular flexibility index (Phi) is 3.12. The summed E-state index contributed by atoms with van der Waals surface area (Å²) in [4.78, 5) is 17.8. The molecule has 1 aromatic rings. The van der Waals surface area contributed by atoms with Crippen molar-refractivity contribution in [3.05, 3.63) is 47.2 Å². The number of nitrogens with zero attached hydrogens (tertiary/aromatic N) is 3. The first kappa shape index (κ1) is 13.6. The van der Waals surface area contributed by atoms with Gasteiger partial charge in [-0.1, -0.05) is 12.1 Å². The number of nitrogens with one attached hydrogen (secondary N) is 2. The van der Waals surface area contributed by atoms with E-state index < -0.39 is 0 Å². The highest BCUT2D eigenvalue weighted by molar-refractivity contribution is 6.00. The largest absolute Gasteiger partial charge is 0.369 e. The molecule has 1 fully saturated rings. The molecule has 6 nitrogen and oxygen atoms in total. The van der Waals surface area contributed by atoms with Crippen LogP contribution in [0.1, 0.15) is 12.0 Å². The summed E-state index contributed by atoms with van der Waals surface area (Å²) in [7, 11) is 0. The summed E-state index contributed by atoms with van der Waals surface area (Å²) in [6.45, 7) is 1.32. The lowest BCUT2D eigenvalue weighted by molar-refractivity contribution is 0.252. The molecule has 23 heavy (non-hydrogen) atoms. The van der Waals surface area contributed by atoms with Gasteiger partial charge in [-0.2, -0.15) is 5.26 Å². The van der Waals surface area contributed by atoms with Crippen LogP contribution in [-0.4, -0.2) is 31.4 Å². The minimum atomic E-state index is -0.263. The Hall–Kier alpha value is -3.07. The molecule has 0 aromatic heterocycles. The molecule has 3 aliphatic rings. The van der Waals surface area contributed by atoms with Crippen molar-refractivity contribution in [2.45, 2.75) is 12.5 Å². The molecule has 4 rings (SSSR count). The van der Waals surface area contributed by atoms with Crippen molar-refractivity contribution >= 4 is 23.6 Å². The van der Waals surface area contributed by atoms with Crippen LogP contribution in [-0.2, 0) is 0 Å². The molecule has 0 saturated carbocycles. The quantitative estimate of drug-likeness (QED) is 0.874. The van der Waals surface area contributed by atoms with E-state index in [1.807, 2.05) is 36.7 Å². The van der Waals surface area contributed by atoms with E-state index in [1.165, 1.54) is 0 Å². The van der Waals surface area contributed by atoms with Crippen LogP contribution in [0.25, 0.3) is 5.70 Å². The number of fused-ring (bicyclic) bond motifs is 1. The van der Waals surface area contributed by atoms with Gasteiger partial charge in [0.15, 0.2) is 0 Å². The third-order valence-corrected chi connectivity index (χ3v) is 4.25. The number of aliphatic imine (C=N–C) groups is 1. The van der Waals surface area contributed by atoms with Crippen LogP contribution in [0.5, 0.6) is 0 Å². The summed E-state index contributed by atoms with van der Waals surface area (Å²) in [5.74, 6) is 0. The van der Waals surface area contributed by atoms with Crippen molar-refractivity contribution in [2.75, 3.05) is 18.0 Å². The minimum absolute atomic E-state index is 0.0747. The van der Waals surface area contributed by atoms with E-state index in [0.717, 1.165) is 28.1 Å². The molecule has 0 aliphatic carbocycles. The Bertz CT molecular complexity index is 815. The molecule has 6 heteroatoms. The Labute approximate surface area is 133 Å². The highest BCUT2D eigenvalue weighted by atomic mass is 16.2. The number of hydrogen-bond donors (Lipinski definition) is 2. The Morgan fingerprint density at radius 1 is 1.39 bits per heavy atom. The number of hydrogen-bond acceptors (Lipinski definition) is 4. The first-order valence-corrected chi connectivity index (χ1v) is 7.55.